The molecule has 1 heterocycles. The summed E-state index contributed by atoms with van der Waals surface area (Å²) in [6, 6.07) is 5.11. The fourth-order valence-electron chi connectivity index (χ4n) is 1.54. The first-order chi connectivity index (χ1) is 7.46. The Balaban J connectivity index is 2.24. The van der Waals surface area contributed by atoms with Crippen molar-refractivity contribution in [2.45, 2.75) is 26.2 Å². The third-order valence-electron chi connectivity index (χ3n) is 2.24. The topological polar surface area (TPSA) is 67.8 Å². The van der Waals surface area contributed by atoms with E-state index in [2.05, 4.69) is 5.32 Å². The number of carboxylic acid groups (broad SMARTS) is 1. The van der Waals surface area contributed by atoms with Crippen molar-refractivity contribution in [3.63, 3.8) is 0 Å². The van der Waals surface area contributed by atoms with Gasteiger partial charge in [-0.2, -0.15) is 0 Å². The van der Waals surface area contributed by atoms with Crippen LogP contribution in [-0.2, 0) is 11.3 Å². The number of ether oxygens (including phenoxy) is 2. The molecule has 0 unspecified atom stereocenters. The van der Waals surface area contributed by atoms with Gasteiger partial charge in [-0.15, -0.1) is 0 Å². The molecule has 2 rings (SSSR count). The van der Waals surface area contributed by atoms with Crippen LogP contribution in [0, 0.1) is 0 Å². The first kappa shape index (κ1) is 10.8. The number of fused-ring (bicyclic) bond motifs is 1. The van der Waals surface area contributed by atoms with Gasteiger partial charge in [0.05, 0.1) is 6.61 Å². The van der Waals surface area contributed by atoms with E-state index in [4.69, 9.17) is 14.6 Å². The van der Waals surface area contributed by atoms with Crippen molar-refractivity contribution in [1.82, 2.24) is 0 Å². The smallest absolute Gasteiger partial charge is 0.409 e. The van der Waals surface area contributed by atoms with E-state index >= 15 is 0 Å². The molecule has 0 radical (unpaired) electrons. The Morgan fingerprint density at radius 1 is 1.50 bits per heavy atom. The van der Waals surface area contributed by atoms with Crippen molar-refractivity contribution < 1.29 is 19.4 Å². The summed E-state index contributed by atoms with van der Waals surface area (Å²) in [4.78, 5) is 10.5. The molecule has 16 heavy (non-hydrogen) atoms. The van der Waals surface area contributed by atoms with Crippen molar-refractivity contribution in [2.24, 2.45) is 0 Å². The highest BCUT2D eigenvalue weighted by Gasteiger charge is 2.27. The second-order valence-corrected chi connectivity index (χ2v) is 4.04. The predicted molar refractivity (Wildman–Crippen MR) is 57.6 cm³/mol. The molecule has 0 fully saturated rings. The number of nitrogens with one attached hydrogen (secondary N) is 1. The van der Waals surface area contributed by atoms with Crippen LogP contribution in [0.2, 0.25) is 0 Å². The van der Waals surface area contributed by atoms with E-state index < -0.39 is 11.9 Å². The number of hydrogen-bond acceptors (Lipinski definition) is 3. The van der Waals surface area contributed by atoms with E-state index in [0.29, 0.717) is 12.3 Å². The lowest BCUT2D eigenvalue weighted by Gasteiger charge is -2.32. The maximum Gasteiger partial charge on any atom is 0.409 e. The van der Waals surface area contributed by atoms with E-state index in [1.807, 2.05) is 13.8 Å². The molecule has 0 saturated carbocycles. The van der Waals surface area contributed by atoms with Gasteiger partial charge in [0.15, 0.2) is 0 Å². The lowest BCUT2D eigenvalue weighted by Crippen LogP contribution is -2.35. The van der Waals surface area contributed by atoms with Crippen molar-refractivity contribution in [3.05, 3.63) is 23.8 Å². The minimum Gasteiger partial charge on any atom is -0.465 e. The Hall–Kier alpha value is -1.75. The highest BCUT2D eigenvalue weighted by molar-refractivity contribution is 5.83. The van der Waals surface area contributed by atoms with Crippen LogP contribution in [0.4, 0.5) is 10.5 Å². The molecule has 1 aromatic carbocycles. The van der Waals surface area contributed by atoms with Gasteiger partial charge in [0.25, 0.3) is 0 Å². The monoisotopic (exact) mass is 223 g/mol. The fraction of sp³-hybridized carbons (Fsp3) is 0.364. The molecule has 2 N–H and O–H groups in total. The lowest BCUT2D eigenvalue weighted by molar-refractivity contribution is -0.180. The Kier molecular flexibility index (Phi) is 2.47. The molecule has 86 valence electrons. The highest BCUT2D eigenvalue weighted by Crippen LogP contribution is 2.32. The van der Waals surface area contributed by atoms with Crippen LogP contribution in [0.1, 0.15) is 19.4 Å². The maximum absolute atomic E-state index is 10.5. The summed E-state index contributed by atoms with van der Waals surface area (Å²) < 4.78 is 11.0. The molecule has 0 bridgehead atoms. The zero-order valence-electron chi connectivity index (χ0n) is 9.11. The summed E-state index contributed by atoms with van der Waals surface area (Å²) in [5, 5.41) is 10.9. The van der Waals surface area contributed by atoms with Crippen LogP contribution >= 0.6 is 0 Å². The zero-order valence-corrected chi connectivity index (χ0v) is 9.11. The first-order valence-corrected chi connectivity index (χ1v) is 4.92. The van der Waals surface area contributed by atoms with E-state index in [1.54, 1.807) is 18.2 Å². The molecule has 5 nitrogen and oxygen atoms in total. The molecule has 0 aliphatic carbocycles. The van der Waals surface area contributed by atoms with Gasteiger partial charge in [0.2, 0.25) is 5.79 Å². The summed E-state index contributed by atoms with van der Waals surface area (Å²) in [5.41, 5.74) is 1.35. The number of anilines is 1. The molecule has 1 aliphatic rings. The largest absolute Gasteiger partial charge is 0.465 e. The number of hydrogen-bond donors (Lipinski definition) is 2. The maximum atomic E-state index is 10.5. The number of rotatable bonds is 1. The van der Waals surface area contributed by atoms with Crippen LogP contribution in [-0.4, -0.2) is 17.0 Å². The molecule has 1 aliphatic heterocycles. The van der Waals surface area contributed by atoms with Crippen LogP contribution < -0.4 is 10.1 Å². The van der Waals surface area contributed by atoms with Crippen LogP contribution in [0.15, 0.2) is 18.2 Å². The van der Waals surface area contributed by atoms with Crippen molar-refractivity contribution >= 4 is 11.8 Å². The van der Waals surface area contributed by atoms with Gasteiger partial charge in [-0.25, -0.2) is 4.79 Å². The normalized spacial score (nSPS) is 17.1. The molecule has 0 spiro atoms. The van der Waals surface area contributed by atoms with Crippen molar-refractivity contribution in [1.29, 1.82) is 0 Å². The average Bonchev–Trinajstić information content (AvgIpc) is 2.16. The highest BCUT2D eigenvalue weighted by atomic mass is 16.7. The van der Waals surface area contributed by atoms with E-state index in [1.165, 1.54) is 0 Å². The van der Waals surface area contributed by atoms with Gasteiger partial charge in [0.1, 0.15) is 5.75 Å². The molecule has 0 atom stereocenters. The first-order valence-electron chi connectivity index (χ1n) is 4.92. The summed E-state index contributed by atoms with van der Waals surface area (Å²) in [7, 11) is 0. The molecule has 0 saturated heterocycles. The minimum absolute atomic E-state index is 0.414. The van der Waals surface area contributed by atoms with Gasteiger partial charge in [-0.1, -0.05) is 0 Å². The molecule has 0 aromatic heterocycles. The molecule has 1 amide bonds. The fourth-order valence-corrected chi connectivity index (χ4v) is 1.54. The Bertz CT molecular complexity index is 428. The summed E-state index contributed by atoms with van der Waals surface area (Å²) >= 11 is 0. The van der Waals surface area contributed by atoms with E-state index in [-0.39, 0.29) is 0 Å². The zero-order chi connectivity index (χ0) is 11.8. The lowest BCUT2D eigenvalue weighted by atomic mass is 10.1. The van der Waals surface area contributed by atoms with Crippen molar-refractivity contribution in [2.75, 3.05) is 5.32 Å². The summed E-state index contributed by atoms with van der Waals surface area (Å²) in [6.45, 7) is 4.08. The third kappa shape index (κ3) is 2.25. The molecule has 5 heteroatoms. The second-order valence-electron chi connectivity index (χ2n) is 4.04. The number of benzene rings is 1. The van der Waals surface area contributed by atoms with Gasteiger partial charge in [-0.05, 0) is 18.2 Å². The van der Waals surface area contributed by atoms with Gasteiger partial charge < -0.3 is 14.6 Å². The number of amides is 1. The van der Waals surface area contributed by atoms with E-state index in [0.717, 1.165) is 11.3 Å². The SMILES string of the molecule is CC1(C)OCc2cc(NC(=O)O)ccc2O1. The third-order valence-corrected chi connectivity index (χ3v) is 2.24. The van der Waals surface area contributed by atoms with Crippen LogP contribution in [0.25, 0.3) is 0 Å². The Morgan fingerprint density at radius 2 is 2.25 bits per heavy atom. The predicted octanol–water partition coefficient (Wildman–Crippen LogP) is 2.42. The Labute approximate surface area is 93.0 Å². The van der Waals surface area contributed by atoms with E-state index in [9.17, 15) is 4.79 Å². The van der Waals surface area contributed by atoms with Crippen molar-refractivity contribution in [3.8, 4) is 5.75 Å². The van der Waals surface area contributed by atoms with Crippen LogP contribution in [0.5, 0.6) is 5.75 Å². The molecular weight excluding hydrogens is 210 g/mol. The second kappa shape index (κ2) is 3.68. The minimum atomic E-state index is -1.09. The molecule has 1 aromatic rings. The summed E-state index contributed by atoms with van der Waals surface area (Å²) in [6.07, 6.45) is -1.09. The average molecular weight is 223 g/mol. The quantitative estimate of drug-likeness (QED) is 0.767. The van der Waals surface area contributed by atoms with Gasteiger partial charge in [-0.3, -0.25) is 5.32 Å². The Morgan fingerprint density at radius 3 is 2.94 bits per heavy atom. The van der Waals surface area contributed by atoms with Crippen LogP contribution in [0.3, 0.4) is 0 Å². The number of carbonyl (C=O) groups is 1. The van der Waals surface area contributed by atoms with Gasteiger partial charge >= 0.3 is 6.09 Å². The summed E-state index contributed by atoms with van der Waals surface area (Å²) in [5.74, 6) is 0.0987. The molecular formula is C11H13NO4. The standard InChI is InChI=1S/C11H13NO4/c1-11(2)15-6-7-5-8(12-10(13)14)3-4-9(7)16-11/h3-5,12H,6H2,1-2H3,(H,13,14). The van der Waals surface area contributed by atoms with Gasteiger partial charge in [0, 0.05) is 25.1 Å².